The van der Waals surface area contributed by atoms with Gasteiger partial charge in [0, 0.05) is 19.0 Å². The summed E-state index contributed by atoms with van der Waals surface area (Å²) in [5, 5.41) is 3.37. The molecule has 4 N–H and O–H groups in total. The number of hydrogen-bond acceptors (Lipinski definition) is 6. The molecule has 0 aromatic carbocycles. The summed E-state index contributed by atoms with van der Waals surface area (Å²) >= 11 is 0. The third-order valence-electron chi connectivity index (χ3n) is 3.41. The molecule has 7 heteroatoms. The highest BCUT2D eigenvalue weighted by Crippen LogP contribution is 2.21. The molecule has 0 aliphatic carbocycles. The molecule has 0 bridgehead atoms. The van der Waals surface area contributed by atoms with Gasteiger partial charge in [-0.05, 0) is 19.8 Å². The quantitative estimate of drug-likeness (QED) is 0.562. The molecule has 0 spiro atoms. The number of hydrogen-bond donors (Lipinski definition) is 3. The molecule has 1 aliphatic heterocycles. The molecule has 102 valence electrons. The van der Waals surface area contributed by atoms with E-state index in [0.717, 1.165) is 25.1 Å². The molecule has 2 aromatic heterocycles. The van der Waals surface area contributed by atoms with E-state index in [2.05, 4.69) is 27.6 Å². The average Bonchev–Trinajstić information content (AvgIpc) is 3.09. The molecule has 1 fully saturated rings. The second kappa shape index (κ2) is 5.02. The van der Waals surface area contributed by atoms with Crippen molar-refractivity contribution in [1.82, 2.24) is 14.4 Å². The second-order valence-corrected chi connectivity index (χ2v) is 4.76. The number of nitrogens with one attached hydrogen (secondary N) is 2. The number of hydrazine groups is 1. The third-order valence-corrected chi connectivity index (χ3v) is 3.41. The normalized spacial score (nSPS) is 20.6. The molecule has 7 nitrogen and oxygen atoms in total. The number of aromatic nitrogens is 3. The molecule has 3 heterocycles. The van der Waals surface area contributed by atoms with E-state index in [1.807, 2.05) is 10.6 Å². The first-order chi connectivity index (χ1) is 9.28. The van der Waals surface area contributed by atoms with Crippen LogP contribution in [0.4, 0.5) is 11.6 Å². The molecule has 0 radical (unpaired) electrons. The van der Waals surface area contributed by atoms with Crippen molar-refractivity contribution in [2.75, 3.05) is 17.3 Å². The minimum absolute atomic E-state index is 0.184. The van der Waals surface area contributed by atoms with Crippen molar-refractivity contribution < 1.29 is 4.74 Å². The minimum Gasteiger partial charge on any atom is -0.376 e. The summed E-state index contributed by atoms with van der Waals surface area (Å²) < 4.78 is 7.56. The van der Waals surface area contributed by atoms with Crippen LogP contribution < -0.4 is 16.6 Å². The predicted molar refractivity (Wildman–Crippen MR) is 72.9 cm³/mol. The van der Waals surface area contributed by atoms with Crippen molar-refractivity contribution in [3.63, 3.8) is 0 Å². The number of imidazole rings is 1. The Morgan fingerprint density at radius 1 is 1.58 bits per heavy atom. The van der Waals surface area contributed by atoms with Gasteiger partial charge in [0.05, 0.1) is 18.3 Å². The van der Waals surface area contributed by atoms with E-state index in [1.165, 1.54) is 0 Å². The topological polar surface area (TPSA) is 89.5 Å². The molecule has 1 aliphatic rings. The Balaban J connectivity index is 1.88. The van der Waals surface area contributed by atoms with Crippen molar-refractivity contribution in [1.29, 1.82) is 0 Å². The number of nitrogen functional groups attached to an aromatic ring is 1. The second-order valence-electron chi connectivity index (χ2n) is 4.76. The molecule has 19 heavy (non-hydrogen) atoms. The van der Waals surface area contributed by atoms with Crippen LogP contribution in [0, 0.1) is 0 Å². The molecule has 0 amide bonds. The van der Waals surface area contributed by atoms with E-state index < -0.39 is 0 Å². The highest BCUT2D eigenvalue weighted by Gasteiger charge is 2.23. The Morgan fingerprint density at radius 3 is 3.21 bits per heavy atom. The fraction of sp³-hybridized carbons (Fsp3) is 0.500. The van der Waals surface area contributed by atoms with E-state index >= 15 is 0 Å². The molecule has 3 rings (SSSR count). The van der Waals surface area contributed by atoms with Crippen LogP contribution in [0.1, 0.15) is 19.8 Å². The molecule has 0 saturated carbocycles. The predicted octanol–water partition coefficient (Wildman–Crippen LogP) is 0.994. The van der Waals surface area contributed by atoms with Crippen molar-refractivity contribution in [2.24, 2.45) is 5.84 Å². The van der Waals surface area contributed by atoms with Crippen LogP contribution in [-0.2, 0) is 4.74 Å². The van der Waals surface area contributed by atoms with E-state index in [-0.39, 0.29) is 12.1 Å². The summed E-state index contributed by atoms with van der Waals surface area (Å²) in [5.41, 5.74) is 3.34. The highest BCUT2D eigenvalue weighted by atomic mass is 16.5. The van der Waals surface area contributed by atoms with Gasteiger partial charge in [-0.25, -0.2) is 15.8 Å². The number of anilines is 2. The van der Waals surface area contributed by atoms with Gasteiger partial charge >= 0.3 is 0 Å². The van der Waals surface area contributed by atoms with Crippen LogP contribution >= 0.6 is 0 Å². The van der Waals surface area contributed by atoms with Gasteiger partial charge in [-0.1, -0.05) is 0 Å². The third kappa shape index (κ3) is 2.34. The van der Waals surface area contributed by atoms with Crippen LogP contribution in [0.5, 0.6) is 0 Å². The van der Waals surface area contributed by atoms with Gasteiger partial charge in [0.1, 0.15) is 0 Å². The summed E-state index contributed by atoms with van der Waals surface area (Å²) in [6.45, 7) is 2.94. The fourth-order valence-corrected chi connectivity index (χ4v) is 2.40. The fourth-order valence-electron chi connectivity index (χ4n) is 2.40. The van der Waals surface area contributed by atoms with Crippen LogP contribution in [0.15, 0.2) is 18.6 Å². The maximum absolute atomic E-state index is 5.68. The Kier molecular flexibility index (Phi) is 3.22. The summed E-state index contributed by atoms with van der Waals surface area (Å²) in [7, 11) is 0. The summed E-state index contributed by atoms with van der Waals surface area (Å²) in [6, 6.07) is 0.184. The smallest absolute Gasteiger partial charge is 0.180 e. The van der Waals surface area contributed by atoms with Gasteiger partial charge in [-0.15, -0.1) is 0 Å². The van der Waals surface area contributed by atoms with Gasteiger partial charge in [0.25, 0.3) is 0 Å². The van der Waals surface area contributed by atoms with E-state index in [1.54, 1.807) is 12.4 Å². The zero-order valence-corrected chi connectivity index (χ0v) is 10.8. The lowest BCUT2D eigenvalue weighted by Gasteiger charge is -2.21. The number of nitrogens with zero attached hydrogens (tertiary/aromatic N) is 3. The lowest BCUT2D eigenvalue weighted by atomic mass is 10.1. The van der Waals surface area contributed by atoms with Crippen molar-refractivity contribution in [3.8, 4) is 0 Å². The molecule has 2 aromatic rings. The van der Waals surface area contributed by atoms with Crippen molar-refractivity contribution in [2.45, 2.75) is 31.9 Å². The summed E-state index contributed by atoms with van der Waals surface area (Å²) in [4.78, 5) is 8.72. The first-order valence-corrected chi connectivity index (χ1v) is 6.46. The maximum Gasteiger partial charge on any atom is 0.180 e. The SMILES string of the molecule is CC(Nc1nc(NN)cn2ccnc12)C1CCCO1. The van der Waals surface area contributed by atoms with Crippen molar-refractivity contribution in [3.05, 3.63) is 18.6 Å². The largest absolute Gasteiger partial charge is 0.376 e. The molecular weight excluding hydrogens is 244 g/mol. The van der Waals surface area contributed by atoms with Gasteiger partial charge in [0.15, 0.2) is 17.3 Å². The molecular formula is C12H18N6O. The summed E-state index contributed by atoms with van der Waals surface area (Å²) in [6.07, 6.45) is 7.82. The lowest BCUT2D eigenvalue weighted by Crippen LogP contribution is -2.30. The first kappa shape index (κ1) is 12.2. The molecule has 1 saturated heterocycles. The van der Waals surface area contributed by atoms with Gasteiger partial charge in [0.2, 0.25) is 0 Å². The number of fused-ring (bicyclic) bond motifs is 1. The van der Waals surface area contributed by atoms with Crippen LogP contribution in [0.3, 0.4) is 0 Å². The zero-order chi connectivity index (χ0) is 13.2. The standard InChI is InChI=1S/C12H18N6O/c1-8(9-3-2-6-19-9)15-11-12-14-4-5-18(12)7-10(16-11)17-13/h4-5,7-9,17H,2-3,6,13H2,1H3,(H,15,16). The van der Waals surface area contributed by atoms with Crippen LogP contribution in [0.2, 0.25) is 0 Å². The van der Waals surface area contributed by atoms with Gasteiger partial charge < -0.3 is 19.9 Å². The average molecular weight is 262 g/mol. The zero-order valence-electron chi connectivity index (χ0n) is 10.8. The number of ether oxygens (including phenoxy) is 1. The molecule has 2 atom stereocenters. The van der Waals surface area contributed by atoms with Gasteiger partial charge in [-0.2, -0.15) is 0 Å². The highest BCUT2D eigenvalue weighted by molar-refractivity contribution is 5.65. The van der Waals surface area contributed by atoms with Gasteiger partial charge in [-0.3, -0.25) is 0 Å². The van der Waals surface area contributed by atoms with E-state index in [9.17, 15) is 0 Å². The Hall–Kier alpha value is -1.86. The number of rotatable bonds is 4. The van der Waals surface area contributed by atoms with E-state index in [0.29, 0.717) is 11.6 Å². The van der Waals surface area contributed by atoms with Crippen LogP contribution in [0.25, 0.3) is 5.65 Å². The minimum atomic E-state index is 0.184. The Bertz CT molecular complexity index is 562. The molecule has 2 unspecified atom stereocenters. The summed E-state index contributed by atoms with van der Waals surface area (Å²) in [5.74, 6) is 6.73. The van der Waals surface area contributed by atoms with Crippen LogP contribution in [-0.4, -0.2) is 33.1 Å². The van der Waals surface area contributed by atoms with E-state index in [4.69, 9.17) is 10.6 Å². The van der Waals surface area contributed by atoms with Crippen molar-refractivity contribution >= 4 is 17.3 Å². The number of nitrogens with two attached hydrogens (primary N) is 1. The maximum atomic E-state index is 5.68. The lowest BCUT2D eigenvalue weighted by molar-refractivity contribution is 0.0996. The monoisotopic (exact) mass is 262 g/mol. The first-order valence-electron chi connectivity index (χ1n) is 6.46. The Morgan fingerprint density at radius 2 is 2.47 bits per heavy atom. The Labute approximate surface area is 111 Å².